The number of carbonyl (C=O) groups excluding carboxylic acids is 2. The van der Waals surface area contributed by atoms with Crippen LogP contribution in [0, 0.1) is 0 Å². The molecule has 1 aromatic heterocycles. The van der Waals surface area contributed by atoms with E-state index < -0.39 is 0 Å². The van der Waals surface area contributed by atoms with Crippen LogP contribution in [0.1, 0.15) is 10.5 Å². The Hall–Kier alpha value is -2.77. The van der Waals surface area contributed by atoms with Gasteiger partial charge < -0.3 is 21.3 Å². The fraction of sp³-hybridized carbons (Fsp3) is 0.308. The predicted octanol–water partition coefficient (Wildman–Crippen LogP) is 0.146. The van der Waals surface area contributed by atoms with Crippen molar-refractivity contribution in [2.75, 3.05) is 32.9 Å². The van der Waals surface area contributed by atoms with Crippen LogP contribution < -0.4 is 16.4 Å². The van der Waals surface area contributed by atoms with Crippen LogP contribution in [-0.2, 0) is 0 Å². The van der Waals surface area contributed by atoms with Gasteiger partial charge in [-0.2, -0.15) is 5.10 Å². The highest BCUT2D eigenvalue weighted by Gasteiger charge is 2.13. The SMILES string of the molecule is CN(C)C(=O)NCCNC(=O)c1n[nH]c2ccc(N)cc12. The number of aromatic amines is 1. The van der Waals surface area contributed by atoms with Gasteiger partial charge in [0.15, 0.2) is 5.69 Å². The molecule has 0 saturated heterocycles. The first-order valence-electron chi connectivity index (χ1n) is 6.46. The quantitative estimate of drug-likeness (QED) is 0.473. The van der Waals surface area contributed by atoms with Crippen molar-refractivity contribution in [1.82, 2.24) is 25.7 Å². The van der Waals surface area contributed by atoms with Crippen LogP contribution in [0.3, 0.4) is 0 Å². The topological polar surface area (TPSA) is 116 Å². The van der Waals surface area contributed by atoms with Gasteiger partial charge in [0, 0.05) is 38.3 Å². The number of nitrogen functional groups attached to an aromatic ring is 1. The molecule has 21 heavy (non-hydrogen) atoms. The van der Waals surface area contributed by atoms with Crippen molar-refractivity contribution in [3.63, 3.8) is 0 Å². The number of nitrogens with zero attached hydrogens (tertiary/aromatic N) is 2. The van der Waals surface area contributed by atoms with Gasteiger partial charge in [0.1, 0.15) is 0 Å². The second-order valence-corrected chi connectivity index (χ2v) is 4.76. The Morgan fingerprint density at radius 1 is 1.29 bits per heavy atom. The molecule has 0 aliphatic carbocycles. The average molecular weight is 290 g/mol. The van der Waals surface area contributed by atoms with Crippen molar-refractivity contribution < 1.29 is 9.59 Å². The number of nitrogens with one attached hydrogen (secondary N) is 3. The predicted molar refractivity (Wildman–Crippen MR) is 79.9 cm³/mol. The van der Waals surface area contributed by atoms with Crippen molar-refractivity contribution in [1.29, 1.82) is 0 Å². The summed E-state index contributed by atoms with van der Waals surface area (Å²) in [4.78, 5) is 24.8. The summed E-state index contributed by atoms with van der Waals surface area (Å²) < 4.78 is 0. The minimum Gasteiger partial charge on any atom is -0.399 e. The van der Waals surface area contributed by atoms with E-state index in [2.05, 4.69) is 20.8 Å². The number of carbonyl (C=O) groups is 2. The number of urea groups is 1. The first-order valence-corrected chi connectivity index (χ1v) is 6.46. The summed E-state index contributed by atoms with van der Waals surface area (Å²) in [5, 5.41) is 12.8. The van der Waals surface area contributed by atoms with Crippen LogP contribution in [0.4, 0.5) is 10.5 Å². The van der Waals surface area contributed by atoms with Crippen molar-refractivity contribution >= 4 is 28.5 Å². The van der Waals surface area contributed by atoms with Crippen LogP contribution in [0.25, 0.3) is 10.9 Å². The Morgan fingerprint density at radius 3 is 2.71 bits per heavy atom. The number of H-pyrrole nitrogens is 1. The smallest absolute Gasteiger partial charge is 0.316 e. The van der Waals surface area contributed by atoms with E-state index in [0.717, 1.165) is 5.52 Å². The van der Waals surface area contributed by atoms with Crippen molar-refractivity contribution in [2.45, 2.75) is 0 Å². The Balaban J connectivity index is 1.94. The molecule has 8 nitrogen and oxygen atoms in total. The lowest BCUT2D eigenvalue weighted by Gasteiger charge is -2.11. The molecule has 1 aromatic carbocycles. The Kier molecular flexibility index (Phi) is 4.27. The zero-order chi connectivity index (χ0) is 15.4. The number of aromatic nitrogens is 2. The molecule has 2 aromatic rings. The minimum absolute atomic E-state index is 0.206. The summed E-state index contributed by atoms with van der Waals surface area (Å²) in [6.45, 7) is 0.655. The van der Waals surface area contributed by atoms with Crippen LogP contribution in [0.15, 0.2) is 18.2 Å². The maximum absolute atomic E-state index is 12.1. The minimum atomic E-state index is -0.314. The van der Waals surface area contributed by atoms with E-state index in [1.54, 1.807) is 32.3 Å². The van der Waals surface area contributed by atoms with E-state index in [4.69, 9.17) is 5.73 Å². The number of benzene rings is 1. The zero-order valence-corrected chi connectivity index (χ0v) is 11.9. The number of fused-ring (bicyclic) bond motifs is 1. The molecule has 0 bridgehead atoms. The number of anilines is 1. The Bertz CT molecular complexity index is 664. The molecule has 0 aliphatic heterocycles. The fourth-order valence-electron chi connectivity index (χ4n) is 1.79. The van der Waals surface area contributed by atoms with Gasteiger partial charge in [-0.25, -0.2) is 4.79 Å². The van der Waals surface area contributed by atoms with Gasteiger partial charge in [0.25, 0.3) is 5.91 Å². The summed E-state index contributed by atoms with van der Waals surface area (Å²) >= 11 is 0. The van der Waals surface area contributed by atoms with Gasteiger partial charge in [-0.3, -0.25) is 9.89 Å². The van der Waals surface area contributed by atoms with E-state index in [1.165, 1.54) is 4.90 Å². The van der Waals surface area contributed by atoms with E-state index in [1.807, 2.05) is 0 Å². The standard InChI is InChI=1S/C13H18N6O2/c1-19(2)13(21)16-6-5-15-12(20)11-9-7-8(14)3-4-10(9)17-18-11/h3-4,7H,5-6,14H2,1-2H3,(H,15,20)(H,16,21)(H,17,18). The van der Waals surface area contributed by atoms with Crippen molar-refractivity contribution in [3.8, 4) is 0 Å². The van der Waals surface area contributed by atoms with Crippen LogP contribution in [0.2, 0.25) is 0 Å². The van der Waals surface area contributed by atoms with E-state index >= 15 is 0 Å². The second kappa shape index (κ2) is 6.12. The molecule has 0 aliphatic rings. The van der Waals surface area contributed by atoms with Gasteiger partial charge >= 0.3 is 6.03 Å². The molecular weight excluding hydrogens is 272 g/mol. The Morgan fingerprint density at radius 2 is 2.00 bits per heavy atom. The van der Waals surface area contributed by atoms with E-state index in [-0.39, 0.29) is 17.6 Å². The lowest BCUT2D eigenvalue weighted by atomic mass is 10.2. The highest BCUT2D eigenvalue weighted by atomic mass is 16.2. The molecule has 0 unspecified atom stereocenters. The number of hydrogen-bond acceptors (Lipinski definition) is 4. The Labute approximate surface area is 121 Å². The zero-order valence-electron chi connectivity index (χ0n) is 11.9. The largest absolute Gasteiger partial charge is 0.399 e. The molecular formula is C13H18N6O2. The number of rotatable bonds is 4. The maximum atomic E-state index is 12.1. The molecule has 2 rings (SSSR count). The first kappa shape index (κ1) is 14.6. The molecule has 0 atom stereocenters. The van der Waals surface area contributed by atoms with Gasteiger partial charge in [0.2, 0.25) is 0 Å². The molecule has 8 heteroatoms. The lowest BCUT2D eigenvalue weighted by Crippen LogP contribution is -2.39. The summed E-state index contributed by atoms with van der Waals surface area (Å²) in [5.41, 5.74) is 7.31. The average Bonchev–Trinajstić information content (AvgIpc) is 2.85. The molecule has 0 radical (unpaired) electrons. The highest BCUT2D eigenvalue weighted by Crippen LogP contribution is 2.18. The number of hydrogen-bond donors (Lipinski definition) is 4. The molecule has 0 saturated carbocycles. The van der Waals surface area contributed by atoms with Gasteiger partial charge in [-0.15, -0.1) is 0 Å². The molecule has 1 heterocycles. The van der Waals surface area contributed by atoms with Crippen molar-refractivity contribution in [2.24, 2.45) is 0 Å². The van der Waals surface area contributed by atoms with Crippen LogP contribution in [0.5, 0.6) is 0 Å². The fourth-order valence-corrected chi connectivity index (χ4v) is 1.79. The van der Waals surface area contributed by atoms with Gasteiger partial charge in [-0.05, 0) is 18.2 Å². The first-order chi connectivity index (χ1) is 9.99. The monoisotopic (exact) mass is 290 g/mol. The lowest BCUT2D eigenvalue weighted by molar-refractivity contribution is 0.0950. The molecule has 0 spiro atoms. The normalized spacial score (nSPS) is 10.4. The summed E-state index contributed by atoms with van der Waals surface area (Å²) in [6, 6.07) is 4.99. The molecule has 5 N–H and O–H groups in total. The second-order valence-electron chi connectivity index (χ2n) is 4.76. The van der Waals surface area contributed by atoms with Gasteiger partial charge in [-0.1, -0.05) is 0 Å². The molecule has 3 amide bonds. The molecule has 112 valence electrons. The number of nitrogens with two attached hydrogens (primary N) is 1. The van der Waals surface area contributed by atoms with E-state index in [9.17, 15) is 9.59 Å². The summed E-state index contributed by atoms with van der Waals surface area (Å²) in [5.74, 6) is -0.314. The van der Waals surface area contributed by atoms with E-state index in [0.29, 0.717) is 24.2 Å². The highest BCUT2D eigenvalue weighted by molar-refractivity contribution is 6.05. The number of amides is 3. The maximum Gasteiger partial charge on any atom is 0.316 e. The third-order valence-corrected chi connectivity index (χ3v) is 2.89. The van der Waals surface area contributed by atoms with Crippen LogP contribution >= 0.6 is 0 Å². The third kappa shape index (κ3) is 3.41. The third-order valence-electron chi connectivity index (χ3n) is 2.89. The summed E-state index contributed by atoms with van der Waals surface area (Å²) in [6.07, 6.45) is 0. The van der Waals surface area contributed by atoms with Crippen molar-refractivity contribution in [3.05, 3.63) is 23.9 Å². The molecule has 0 fully saturated rings. The van der Waals surface area contributed by atoms with Gasteiger partial charge in [0.05, 0.1) is 5.52 Å². The van der Waals surface area contributed by atoms with Crippen LogP contribution in [-0.4, -0.2) is 54.2 Å². The summed E-state index contributed by atoms with van der Waals surface area (Å²) in [7, 11) is 3.29.